The number of nitrogen functional groups attached to an aromatic ring is 1. The number of halogens is 1. The summed E-state index contributed by atoms with van der Waals surface area (Å²) in [5.74, 6) is 0.457. The predicted molar refractivity (Wildman–Crippen MR) is 67.4 cm³/mol. The third-order valence-electron chi connectivity index (χ3n) is 2.78. The number of ether oxygens (including phenoxy) is 1. The minimum Gasteiger partial charge on any atom is -0.454 e. The Morgan fingerprint density at radius 1 is 1.11 bits per heavy atom. The van der Waals surface area contributed by atoms with Crippen LogP contribution in [0.2, 0.25) is 0 Å². The second-order valence-corrected chi connectivity index (χ2v) is 4.13. The number of nitrogens with two attached hydrogens (primary N) is 1. The summed E-state index contributed by atoms with van der Waals surface area (Å²) in [4.78, 5) is 0. The number of nitrogens with zero attached hydrogens (tertiary/aromatic N) is 2. The molecule has 19 heavy (non-hydrogen) atoms. The van der Waals surface area contributed by atoms with Gasteiger partial charge in [-0.25, -0.2) is 9.02 Å². The zero-order chi connectivity index (χ0) is 13.4. The van der Waals surface area contributed by atoms with Crippen molar-refractivity contribution in [1.82, 2.24) is 10.3 Å². The fraction of sp³-hybridized carbons (Fsp3) is 0.0769. The fourth-order valence-corrected chi connectivity index (χ4v) is 1.75. The summed E-state index contributed by atoms with van der Waals surface area (Å²) in [5.41, 5.74) is 7.82. The lowest BCUT2D eigenvalue weighted by Crippen LogP contribution is -1.92. The first-order chi connectivity index (χ1) is 9.15. The zero-order valence-corrected chi connectivity index (χ0v) is 10.1. The van der Waals surface area contributed by atoms with Crippen molar-refractivity contribution in [3.8, 4) is 11.5 Å². The largest absolute Gasteiger partial charge is 0.454 e. The highest BCUT2D eigenvalue weighted by Crippen LogP contribution is 2.32. The minimum atomic E-state index is -0.370. The number of aryl methyl sites for hydroxylation is 1. The van der Waals surface area contributed by atoms with Crippen LogP contribution >= 0.6 is 0 Å². The van der Waals surface area contributed by atoms with E-state index < -0.39 is 0 Å². The Morgan fingerprint density at radius 2 is 1.89 bits per heavy atom. The van der Waals surface area contributed by atoms with E-state index in [1.807, 2.05) is 6.92 Å². The average Bonchev–Trinajstić information content (AvgIpc) is 2.87. The van der Waals surface area contributed by atoms with E-state index in [-0.39, 0.29) is 5.82 Å². The molecule has 5 nitrogen and oxygen atoms in total. The van der Waals surface area contributed by atoms with Crippen LogP contribution in [0.4, 0.5) is 10.1 Å². The first kappa shape index (κ1) is 11.5. The smallest absolute Gasteiger partial charge is 0.179 e. The van der Waals surface area contributed by atoms with Gasteiger partial charge in [-0.05, 0) is 41.0 Å². The van der Waals surface area contributed by atoms with Crippen LogP contribution < -0.4 is 10.5 Å². The number of anilines is 1. The van der Waals surface area contributed by atoms with E-state index in [4.69, 9.17) is 10.5 Å². The van der Waals surface area contributed by atoms with Crippen LogP contribution in [0.25, 0.3) is 11.0 Å². The van der Waals surface area contributed by atoms with Crippen molar-refractivity contribution in [1.29, 1.82) is 0 Å². The van der Waals surface area contributed by atoms with Crippen LogP contribution in [-0.2, 0) is 0 Å². The quantitative estimate of drug-likeness (QED) is 0.716. The van der Waals surface area contributed by atoms with E-state index >= 15 is 0 Å². The van der Waals surface area contributed by atoms with Gasteiger partial charge in [-0.2, -0.15) is 0 Å². The standard InChI is InChI=1S/C13H10FN3O2/c1-7-2-3-8(14)6-11(7)18-10-5-4-9(15)12-13(10)17-19-16-12/h2-6H,15H2,1H3. The Hall–Kier alpha value is -2.63. The molecule has 0 saturated heterocycles. The maximum atomic E-state index is 13.2. The summed E-state index contributed by atoms with van der Waals surface area (Å²) in [6, 6.07) is 7.60. The lowest BCUT2D eigenvalue weighted by Gasteiger charge is -2.09. The molecule has 0 aliphatic carbocycles. The Balaban J connectivity index is 2.08. The summed E-state index contributed by atoms with van der Waals surface area (Å²) in [5, 5.41) is 7.44. The van der Waals surface area contributed by atoms with Crippen LogP contribution in [0.3, 0.4) is 0 Å². The van der Waals surface area contributed by atoms with Gasteiger partial charge in [0.1, 0.15) is 11.6 Å². The Morgan fingerprint density at radius 3 is 2.74 bits per heavy atom. The monoisotopic (exact) mass is 259 g/mol. The van der Waals surface area contributed by atoms with Crippen molar-refractivity contribution in [3.63, 3.8) is 0 Å². The Labute approximate surface area is 107 Å². The summed E-state index contributed by atoms with van der Waals surface area (Å²) in [6.07, 6.45) is 0. The summed E-state index contributed by atoms with van der Waals surface area (Å²) >= 11 is 0. The van der Waals surface area contributed by atoms with Crippen LogP contribution in [0, 0.1) is 12.7 Å². The molecule has 2 aromatic carbocycles. The van der Waals surface area contributed by atoms with Crippen molar-refractivity contribution in [2.45, 2.75) is 6.92 Å². The topological polar surface area (TPSA) is 74.2 Å². The molecule has 2 N–H and O–H groups in total. The zero-order valence-electron chi connectivity index (χ0n) is 10.1. The van der Waals surface area contributed by atoms with Gasteiger partial charge in [-0.3, -0.25) is 0 Å². The highest BCUT2D eigenvalue weighted by molar-refractivity contribution is 5.90. The molecule has 0 aliphatic heterocycles. The molecule has 0 unspecified atom stereocenters. The number of hydrogen-bond donors (Lipinski definition) is 1. The average molecular weight is 259 g/mol. The van der Waals surface area contributed by atoms with Gasteiger partial charge in [-0.1, -0.05) is 6.07 Å². The van der Waals surface area contributed by atoms with Gasteiger partial charge in [0.2, 0.25) is 0 Å². The highest BCUT2D eigenvalue weighted by atomic mass is 19.1. The molecule has 0 bridgehead atoms. The second kappa shape index (κ2) is 4.24. The molecule has 0 atom stereocenters. The molecule has 3 rings (SSSR count). The SMILES string of the molecule is Cc1ccc(F)cc1Oc1ccc(N)c2nonc12. The van der Waals surface area contributed by atoms with Crippen molar-refractivity contribution in [3.05, 3.63) is 41.7 Å². The van der Waals surface area contributed by atoms with Gasteiger partial charge in [0.05, 0.1) is 5.69 Å². The van der Waals surface area contributed by atoms with Crippen molar-refractivity contribution < 1.29 is 13.8 Å². The second-order valence-electron chi connectivity index (χ2n) is 4.13. The predicted octanol–water partition coefficient (Wildman–Crippen LogP) is 3.04. The van der Waals surface area contributed by atoms with Crippen LogP contribution in [0.5, 0.6) is 11.5 Å². The lowest BCUT2D eigenvalue weighted by molar-refractivity contribution is 0.314. The van der Waals surface area contributed by atoms with E-state index in [9.17, 15) is 4.39 Å². The molecule has 0 amide bonds. The fourth-order valence-electron chi connectivity index (χ4n) is 1.75. The molecule has 1 heterocycles. The van der Waals surface area contributed by atoms with Crippen LogP contribution in [-0.4, -0.2) is 10.3 Å². The molecular formula is C13H10FN3O2. The summed E-state index contributed by atoms with van der Waals surface area (Å²) in [7, 11) is 0. The van der Waals surface area contributed by atoms with Crippen molar-refractivity contribution in [2.24, 2.45) is 0 Å². The van der Waals surface area contributed by atoms with E-state index in [0.717, 1.165) is 5.56 Å². The van der Waals surface area contributed by atoms with Gasteiger partial charge in [0.15, 0.2) is 16.8 Å². The molecule has 0 radical (unpaired) electrons. The molecule has 0 spiro atoms. The van der Waals surface area contributed by atoms with E-state index in [1.165, 1.54) is 12.1 Å². The van der Waals surface area contributed by atoms with Gasteiger partial charge < -0.3 is 10.5 Å². The number of benzene rings is 2. The van der Waals surface area contributed by atoms with Crippen LogP contribution in [0.1, 0.15) is 5.56 Å². The molecule has 96 valence electrons. The number of hydrogen-bond acceptors (Lipinski definition) is 5. The van der Waals surface area contributed by atoms with Crippen LogP contribution in [0.15, 0.2) is 35.0 Å². The molecule has 0 aliphatic rings. The van der Waals surface area contributed by atoms with Gasteiger partial charge in [0, 0.05) is 6.07 Å². The number of aromatic nitrogens is 2. The van der Waals surface area contributed by atoms with E-state index in [0.29, 0.717) is 28.2 Å². The third kappa shape index (κ3) is 1.97. The van der Waals surface area contributed by atoms with E-state index in [1.54, 1.807) is 18.2 Å². The normalized spacial score (nSPS) is 10.8. The lowest BCUT2D eigenvalue weighted by atomic mass is 10.2. The van der Waals surface area contributed by atoms with Crippen molar-refractivity contribution >= 4 is 16.7 Å². The number of rotatable bonds is 2. The summed E-state index contributed by atoms with van der Waals surface area (Å²) in [6.45, 7) is 1.82. The Bertz CT molecular complexity index is 755. The van der Waals surface area contributed by atoms with E-state index in [2.05, 4.69) is 14.9 Å². The van der Waals surface area contributed by atoms with Crippen molar-refractivity contribution in [2.75, 3.05) is 5.73 Å². The molecule has 1 aromatic heterocycles. The third-order valence-corrected chi connectivity index (χ3v) is 2.78. The molecule has 0 saturated carbocycles. The highest BCUT2D eigenvalue weighted by Gasteiger charge is 2.13. The Kier molecular flexibility index (Phi) is 2.56. The first-order valence-electron chi connectivity index (χ1n) is 5.60. The molecule has 3 aromatic rings. The summed E-state index contributed by atoms with van der Waals surface area (Å²) < 4.78 is 23.5. The molecule has 0 fully saturated rings. The van der Waals surface area contributed by atoms with Gasteiger partial charge >= 0.3 is 0 Å². The molecular weight excluding hydrogens is 249 g/mol. The van der Waals surface area contributed by atoms with Gasteiger partial charge in [0.25, 0.3) is 0 Å². The van der Waals surface area contributed by atoms with Gasteiger partial charge in [-0.15, -0.1) is 0 Å². The number of fused-ring (bicyclic) bond motifs is 1. The maximum absolute atomic E-state index is 13.2. The minimum absolute atomic E-state index is 0.370. The maximum Gasteiger partial charge on any atom is 0.179 e. The first-order valence-corrected chi connectivity index (χ1v) is 5.60. The molecule has 6 heteroatoms.